The molecule has 0 amide bonds. The maximum absolute atomic E-state index is 4.60. The predicted octanol–water partition coefficient (Wildman–Crippen LogP) is 4.22. The second-order valence-corrected chi connectivity index (χ2v) is 6.09. The van der Waals surface area contributed by atoms with Gasteiger partial charge in [0, 0.05) is 15.5 Å². The number of nitrogens with one attached hydrogen (secondary N) is 1. The highest BCUT2D eigenvalue weighted by Gasteiger charge is 2.18. The summed E-state index contributed by atoms with van der Waals surface area (Å²) < 4.78 is 1.14. The first-order chi connectivity index (χ1) is 8.61. The maximum atomic E-state index is 4.60. The van der Waals surface area contributed by atoms with Gasteiger partial charge >= 0.3 is 0 Å². The fraction of sp³-hybridized carbons (Fsp3) is 0.357. The zero-order valence-electron chi connectivity index (χ0n) is 10.8. The van der Waals surface area contributed by atoms with E-state index < -0.39 is 0 Å². The lowest BCUT2D eigenvalue weighted by Crippen LogP contribution is -2.22. The summed E-state index contributed by atoms with van der Waals surface area (Å²) in [6, 6.07) is 6.64. The molecule has 4 heteroatoms. The number of aryl methyl sites for hydroxylation is 2. The van der Waals surface area contributed by atoms with Crippen molar-refractivity contribution in [2.75, 3.05) is 6.54 Å². The van der Waals surface area contributed by atoms with Crippen LogP contribution in [0.5, 0.6) is 0 Å². The number of halogens is 1. The second kappa shape index (κ2) is 5.95. The van der Waals surface area contributed by atoms with E-state index in [2.05, 4.69) is 63.7 Å². The van der Waals surface area contributed by atoms with Crippen LogP contribution >= 0.6 is 27.3 Å². The van der Waals surface area contributed by atoms with Gasteiger partial charge in [-0.1, -0.05) is 35.0 Å². The molecule has 1 aromatic carbocycles. The first-order valence-electron chi connectivity index (χ1n) is 6.03. The fourth-order valence-corrected chi connectivity index (χ4v) is 3.51. The summed E-state index contributed by atoms with van der Waals surface area (Å²) in [6.45, 7) is 7.18. The first-order valence-corrected chi connectivity index (χ1v) is 7.70. The Morgan fingerprint density at radius 2 is 2.17 bits per heavy atom. The molecule has 1 atom stereocenters. The van der Waals surface area contributed by atoms with Crippen LogP contribution in [0.3, 0.4) is 0 Å². The van der Waals surface area contributed by atoms with Gasteiger partial charge < -0.3 is 5.32 Å². The van der Waals surface area contributed by atoms with Crippen LogP contribution in [0.2, 0.25) is 0 Å². The van der Waals surface area contributed by atoms with Gasteiger partial charge in [0.1, 0.15) is 5.01 Å². The molecule has 0 saturated heterocycles. The van der Waals surface area contributed by atoms with Crippen LogP contribution in [0.1, 0.15) is 34.8 Å². The third kappa shape index (κ3) is 2.99. The Bertz CT molecular complexity index is 536. The number of nitrogens with zero attached hydrogens (tertiary/aromatic N) is 1. The molecular weight excluding hydrogens is 308 g/mol. The normalized spacial score (nSPS) is 12.7. The van der Waals surface area contributed by atoms with Crippen molar-refractivity contribution in [3.05, 3.63) is 49.9 Å². The summed E-state index contributed by atoms with van der Waals surface area (Å²) in [7, 11) is 0. The quantitative estimate of drug-likeness (QED) is 0.910. The Morgan fingerprint density at radius 1 is 1.39 bits per heavy atom. The van der Waals surface area contributed by atoms with Gasteiger partial charge in [0.15, 0.2) is 0 Å². The molecule has 18 heavy (non-hydrogen) atoms. The molecular formula is C14H17BrN2S. The first kappa shape index (κ1) is 13.7. The Balaban J connectivity index is 2.41. The van der Waals surface area contributed by atoms with Crippen molar-refractivity contribution in [3.63, 3.8) is 0 Å². The molecule has 1 unspecified atom stereocenters. The summed E-state index contributed by atoms with van der Waals surface area (Å²) in [5.41, 5.74) is 3.59. The molecule has 0 fully saturated rings. The number of aromatic nitrogens is 1. The minimum Gasteiger partial charge on any atom is -0.305 e. The van der Waals surface area contributed by atoms with E-state index in [0.29, 0.717) is 0 Å². The molecule has 1 aromatic heterocycles. The van der Waals surface area contributed by atoms with Gasteiger partial charge in [-0.25, -0.2) is 4.98 Å². The Kier molecular flexibility index (Phi) is 4.54. The fourth-order valence-electron chi connectivity index (χ4n) is 1.91. The van der Waals surface area contributed by atoms with Crippen LogP contribution in [-0.4, -0.2) is 11.5 Å². The molecule has 0 aliphatic rings. The van der Waals surface area contributed by atoms with E-state index in [-0.39, 0.29) is 6.04 Å². The lowest BCUT2D eigenvalue weighted by Gasteiger charge is -2.17. The molecule has 96 valence electrons. The SMILES string of the molecule is CCNC(c1nc(C)cs1)c1ccc(C)cc1Br. The van der Waals surface area contributed by atoms with Crippen molar-refractivity contribution in [2.45, 2.75) is 26.8 Å². The van der Waals surface area contributed by atoms with Crippen LogP contribution in [0.25, 0.3) is 0 Å². The van der Waals surface area contributed by atoms with Crippen molar-refractivity contribution < 1.29 is 0 Å². The molecule has 0 aliphatic heterocycles. The lowest BCUT2D eigenvalue weighted by molar-refractivity contribution is 0.624. The average molecular weight is 325 g/mol. The molecule has 0 spiro atoms. The van der Waals surface area contributed by atoms with Gasteiger partial charge in [-0.05, 0) is 37.6 Å². The third-order valence-corrected chi connectivity index (χ3v) is 4.47. The summed E-state index contributed by atoms with van der Waals surface area (Å²) in [5, 5.41) is 6.73. The molecule has 2 rings (SSSR count). The Morgan fingerprint density at radius 3 is 2.72 bits per heavy atom. The third-order valence-electron chi connectivity index (χ3n) is 2.76. The molecule has 0 radical (unpaired) electrons. The van der Waals surface area contributed by atoms with Gasteiger partial charge in [0.2, 0.25) is 0 Å². The number of hydrogen-bond donors (Lipinski definition) is 1. The van der Waals surface area contributed by atoms with Crippen LogP contribution in [0.15, 0.2) is 28.1 Å². The monoisotopic (exact) mass is 324 g/mol. The summed E-state index contributed by atoms with van der Waals surface area (Å²) in [5.74, 6) is 0. The zero-order valence-corrected chi connectivity index (χ0v) is 13.2. The van der Waals surface area contributed by atoms with Crippen molar-refractivity contribution in [1.82, 2.24) is 10.3 Å². The Labute approximate surface area is 121 Å². The topological polar surface area (TPSA) is 24.9 Å². The number of thiazole rings is 1. The molecule has 1 heterocycles. The number of rotatable bonds is 4. The Hall–Kier alpha value is -0.710. The van der Waals surface area contributed by atoms with Crippen LogP contribution in [-0.2, 0) is 0 Å². The van der Waals surface area contributed by atoms with E-state index in [1.165, 1.54) is 11.1 Å². The predicted molar refractivity (Wildman–Crippen MR) is 81.2 cm³/mol. The summed E-state index contributed by atoms with van der Waals surface area (Å²) >= 11 is 5.37. The summed E-state index contributed by atoms with van der Waals surface area (Å²) in [6.07, 6.45) is 0. The highest BCUT2D eigenvalue weighted by Crippen LogP contribution is 2.31. The second-order valence-electron chi connectivity index (χ2n) is 4.34. The standard InChI is InChI=1S/C14H17BrN2S/c1-4-16-13(14-17-10(3)8-18-14)11-6-5-9(2)7-12(11)15/h5-8,13,16H,4H2,1-3H3. The maximum Gasteiger partial charge on any atom is 0.114 e. The largest absolute Gasteiger partial charge is 0.305 e. The van der Waals surface area contributed by atoms with Gasteiger partial charge in [0.25, 0.3) is 0 Å². The van der Waals surface area contributed by atoms with Crippen molar-refractivity contribution in [2.24, 2.45) is 0 Å². The van der Waals surface area contributed by atoms with Crippen molar-refractivity contribution in [3.8, 4) is 0 Å². The highest BCUT2D eigenvalue weighted by molar-refractivity contribution is 9.10. The van der Waals surface area contributed by atoms with Gasteiger partial charge in [-0.3, -0.25) is 0 Å². The minimum absolute atomic E-state index is 0.170. The smallest absolute Gasteiger partial charge is 0.114 e. The molecule has 0 aliphatic carbocycles. The average Bonchev–Trinajstić information content (AvgIpc) is 2.73. The lowest BCUT2D eigenvalue weighted by atomic mass is 10.1. The molecule has 0 saturated carbocycles. The zero-order chi connectivity index (χ0) is 13.1. The van der Waals surface area contributed by atoms with Crippen LogP contribution in [0, 0.1) is 13.8 Å². The van der Waals surface area contributed by atoms with Crippen molar-refractivity contribution in [1.29, 1.82) is 0 Å². The van der Waals surface area contributed by atoms with Crippen LogP contribution < -0.4 is 5.32 Å². The van der Waals surface area contributed by atoms with E-state index in [1.54, 1.807) is 11.3 Å². The van der Waals surface area contributed by atoms with E-state index in [4.69, 9.17) is 0 Å². The molecule has 0 bridgehead atoms. The van der Waals surface area contributed by atoms with E-state index in [9.17, 15) is 0 Å². The van der Waals surface area contributed by atoms with E-state index in [0.717, 1.165) is 21.7 Å². The summed E-state index contributed by atoms with van der Waals surface area (Å²) in [4.78, 5) is 4.60. The van der Waals surface area contributed by atoms with E-state index >= 15 is 0 Å². The molecule has 1 N–H and O–H groups in total. The molecule has 2 aromatic rings. The van der Waals surface area contributed by atoms with Crippen LogP contribution in [0.4, 0.5) is 0 Å². The van der Waals surface area contributed by atoms with Gasteiger partial charge in [-0.2, -0.15) is 0 Å². The number of benzene rings is 1. The van der Waals surface area contributed by atoms with Crippen molar-refractivity contribution >= 4 is 27.3 Å². The van der Waals surface area contributed by atoms with Gasteiger partial charge in [0.05, 0.1) is 6.04 Å². The number of hydrogen-bond acceptors (Lipinski definition) is 3. The highest BCUT2D eigenvalue weighted by atomic mass is 79.9. The van der Waals surface area contributed by atoms with E-state index in [1.807, 2.05) is 6.92 Å². The molecule has 2 nitrogen and oxygen atoms in total. The van der Waals surface area contributed by atoms with Gasteiger partial charge in [-0.15, -0.1) is 11.3 Å². The minimum atomic E-state index is 0.170.